The van der Waals surface area contributed by atoms with E-state index in [9.17, 15) is 18.3 Å². The van der Waals surface area contributed by atoms with Crippen molar-refractivity contribution >= 4 is 42.8 Å². The molecule has 0 aliphatic carbocycles. The number of aliphatic hydroxyl groups excluding tert-OH is 1. The fourth-order valence-electron chi connectivity index (χ4n) is 6.57. The summed E-state index contributed by atoms with van der Waals surface area (Å²) >= 11 is 1.43. The standard InChI is InChI=1S/C34H48N6O7S2/c1-23(2)20-40(49(43,44)25-10-11-26-30(19-25)48-33(37-26)36-12-16-39-14-6-7-15-39)21-28(41)27(18-24-8-4-3-5-9-24)38-34(42)47-29-22-46-32-31(29)35-13-17-45-32/h3-5,8-11,19,23,27-29,31-32,35,41H,6-7,12-18,20-22H2,1-2H3,(H,36,37)(H,38,42)/t27-,28+,29+,31?,32?/m0/s1. The van der Waals surface area contributed by atoms with E-state index in [2.05, 4.69) is 25.8 Å². The third-order valence-corrected chi connectivity index (χ3v) is 11.9. The first-order chi connectivity index (χ1) is 23.7. The van der Waals surface area contributed by atoms with Gasteiger partial charge in [0.05, 0.1) is 46.5 Å². The van der Waals surface area contributed by atoms with Gasteiger partial charge in [0, 0.05) is 32.7 Å². The summed E-state index contributed by atoms with van der Waals surface area (Å²) in [4.78, 5) is 20.4. The summed E-state index contributed by atoms with van der Waals surface area (Å²) in [5.41, 5.74) is 1.60. The van der Waals surface area contributed by atoms with Crippen LogP contribution in [0.5, 0.6) is 0 Å². The Kier molecular flexibility index (Phi) is 12.0. The minimum Gasteiger partial charge on any atom is -0.442 e. The van der Waals surface area contributed by atoms with E-state index < -0.39 is 40.7 Å². The van der Waals surface area contributed by atoms with Crippen LogP contribution < -0.4 is 16.0 Å². The Morgan fingerprint density at radius 1 is 1.16 bits per heavy atom. The first-order valence-electron chi connectivity index (χ1n) is 17.2. The number of hydrogen-bond donors (Lipinski definition) is 4. The van der Waals surface area contributed by atoms with Gasteiger partial charge in [-0.05, 0) is 62.0 Å². The molecule has 0 bridgehead atoms. The highest BCUT2D eigenvalue weighted by molar-refractivity contribution is 7.89. The number of morpholine rings is 1. The van der Waals surface area contributed by atoms with E-state index in [4.69, 9.17) is 14.2 Å². The molecule has 0 radical (unpaired) electrons. The fraction of sp³-hybridized carbons (Fsp3) is 0.588. The van der Waals surface area contributed by atoms with E-state index in [-0.39, 0.29) is 43.0 Å². The second-order valence-electron chi connectivity index (χ2n) is 13.3. The summed E-state index contributed by atoms with van der Waals surface area (Å²) in [5.74, 6) is -0.0217. The van der Waals surface area contributed by atoms with Crippen LogP contribution in [-0.2, 0) is 30.7 Å². The molecule has 4 N–H and O–H groups in total. The number of hydrogen-bond acceptors (Lipinski definition) is 12. The second-order valence-corrected chi connectivity index (χ2v) is 16.3. The number of benzene rings is 2. The number of rotatable bonds is 15. The number of carbonyl (C=O) groups excluding carboxylic acids is 1. The van der Waals surface area contributed by atoms with Gasteiger partial charge in [-0.2, -0.15) is 4.31 Å². The summed E-state index contributed by atoms with van der Waals surface area (Å²) in [6.45, 7) is 9.10. The third-order valence-electron chi connectivity index (χ3n) is 9.07. The maximum atomic E-state index is 14.2. The number of aromatic nitrogens is 1. The maximum Gasteiger partial charge on any atom is 0.407 e. The molecule has 2 aromatic carbocycles. The second kappa shape index (κ2) is 16.4. The average Bonchev–Trinajstić information content (AvgIpc) is 3.85. The number of amides is 1. The molecule has 1 aromatic heterocycles. The molecule has 13 nitrogen and oxygen atoms in total. The molecular weight excluding hydrogens is 669 g/mol. The summed E-state index contributed by atoms with van der Waals surface area (Å²) < 4.78 is 47.4. The van der Waals surface area contributed by atoms with Gasteiger partial charge in [-0.15, -0.1) is 0 Å². The van der Waals surface area contributed by atoms with Crippen molar-refractivity contribution < 1.29 is 32.5 Å². The van der Waals surface area contributed by atoms with Crippen LogP contribution in [0.25, 0.3) is 10.2 Å². The van der Waals surface area contributed by atoms with Crippen molar-refractivity contribution in [3.63, 3.8) is 0 Å². The van der Waals surface area contributed by atoms with Gasteiger partial charge in [0.25, 0.3) is 0 Å². The number of carbonyl (C=O) groups is 1. The Morgan fingerprint density at radius 2 is 1.96 bits per heavy atom. The Morgan fingerprint density at radius 3 is 2.73 bits per heavy atom. The van der Waals surface area contributed by atoms with Crippen LogP contribution >= 0.6 is 11.3 Å². The predicted octanol–water partition coefficient (Wildman–Crippen LogP) is 2.86. The molecule has 4 heterocycles. The summed E-state index contributed by atoms with van der Waals surface area (Å²) in [5, 5.41) is 21.9. The van der Waals surface area contributed by atoms with Crippen molar-refractivity contribution in [2.45, 2.75) is 68.6 Å². The van der Waals surface area contributed by atoms with Crippen LogP contribution in [-0.4, -0.2) is 123 Å². The van der Waals surface area contributed by atoms with E-state index in [0.29, 0.717) is 13.2 Å². The molecule has 5 atom stereocenters. The van der Waals surface area contributed by atoms with Crippen LogP contribution in [0, 0.1) is 5.92 Å². The molecule has 3 fully saturated rings. The molecule has 49 heavy (non-hydrogen) atoms. The molecule has 0 saturated carbocycles. The number of sulfonamides is 1. The number of alkyl carbamates (subject to hydrolysis) is 1. The topological polar surface area (TPSA) is 155 Å². The molecule has 2 unspecified atom stereocenters. The summed E-state index contributed by atoms with van der Waals surface area (Å²) in [6.07, 6.45) is -0.277. The van der Waals surface area contributed by atoms with Crippen molar-refractivity contribution in [1.29, 1.82) is 0 Å². The number of nitrogens with zero attached hydrogens (tertiary/aromatic N) is 3. The number of aliphatic hydroxyl groups is 1. The number of fused-ring (bicyclic) bond motifs is 2. The third kappa shape index (κ3) is 9.27. The lowest BCUT2D eigenvalue weighted by Gasteiger charge is -2.31. The molecule has 1 amide bonds. The first kappa shape index (κ1) is 35.9. The lowest BCUT2D eigenvalue weighted by molar-refractivity contribution is -0.137. The molecule has 0 spiro atoms. The summed E-state index contributed by atoms with van der Waals surface area (Å²) in [6, 6.07) is 13.3. The van der Waals surface area contributed by atoms with Crippen molar-refractivity contribution in [1.82, 2.24) is 24.8 Å². The Hall–Kier alpha value is -2.89. The maximum absolute atomic E-state index is 14.2. The highest BCUT2D eigenvalue weighted by atomic mass is 32.2. The van der Waals surface area contributed by atoms with E-state index in [1.807, 2.05) is 44.2 Å². The number of thiazole rings is 1. The van der Waals surface area contributed by atoms with Gasteiger partial charge in [-0.25, -0.2) is 18.2 Å². The lowest BCUT2D eigenvalue weighted by atomic mass is 10.0. The van der Waals surface area contributed by atoms with Gasteiger partial charge < -0.3 is 40.2 Å². The quantitative estimate of drug-likeness (QED) is 0.184. The van der Waals surface area contributed by atoms with Crippen LogP contribution in [0.15, 0.2) is 53.4 Å². The smallest absolute Gasteiger partial charge is 0.407 e. The van der Waals surface area contributed by atoms with E-state index in [1.165, 1.54) is 28.5 Å². The van der Waals surface area contributed by atoms with Gasteiger partial charge in [0.1, 0.15) is 6.10 Å². The minimum atomic E-state index is -4.03. The molecule has 3 saturated heterocycles. The zero-order valence-electron chi connectivity index (χ0n) is 28.1. The number of ether oxygens (including phenoxy) is 3. The first-order valence-corrected chi connectivity index (χ1v) is 19.4. The minimum absolute atomic E-state index is 0.0217. The molecule has 3 aromatic rings. The highest BCUT2D eigenvalue weighted by Gasteiger charge is 2.42. The summed E-state index contributed by atoms with van der Waals surface area (Å²) in [7, 11) is -4.03. The zero-order valence-corrected chi connectivity index (χ0v) is 29.8. The Labute approximate surface area is 292 Å². The normalized spacial score (nSPS) is 22.8. The van der Waals surface area contributed by atoms with Crippen LogP contribution in [0.2, 0.25) is 0 Å². The van der Waals surface area contributed by atoms with E-state index in [1.54, 1.807) is 18.2 Å². The zero-order chi connectivity index (χ0) is 34.4. The Bertz CT molecular complexity index is 1640. The van der Waals surface area contributed by atoms with Crippen LogP contribution in [0.1, 0.15) is 32.3 Å². The van der Waals surface area contributed by atoms with Crippen molar-refractivity contribution in [2.24, 2.45) is 5.92 Å². The monoisotopic (exact) mass is 716 g/mol. The predicted molar refractivity (Wildman–Crippen MR) is 188 cm³/mol. The average molecular weight is 717 g/mol. The van der Waals surface area contributed by atoms with Gasteiger partial charge >= 0.3 is 6.09 Å². The molecule has 15 heteroatoms. The Balaban J connectivity index is 1.16. The molecule has 3 aliphatic rings. The largest absolute Gasteiger partial charge is 0.442 e. The van der Waals surface area contributed by atoms with Gasteiger partial charge in [0.2, 0.25) is 10.0 Å². The van der Waals surface area contributed by atoms with Crippen molar-refractivity contribution in [3.8, 4) is 0 Å². The molecule has 3 aliphatic heterocycles. The molecule has 268 valence electrons. The van der Waals surface area contributed by atoms with Crippen molar-refractivity contribution in [2.75, 3.05) is 64.3 Å². The number of anilines is 1. The lowest BCUT2D eigenvalue weighted by Crippen LogP contribution is -2.54. The van der Waals surface area contributed by atoms with Crippen LogP contribution in [0.3, 0.4) is 0 Å². The SMILES string of the molecule is CC(C)CN(C[C@@H](O)[C@H](Cc1ccccc1)NC(=O)O[C@@H]1COC2OCCNC21)S(=O)(=O)c1ccc2nc(NCCN3CCCC3)sc2c1. The van der Waals surface area contributed by atoms with Crippen molar-refractivity contribution in [3.05, 3.63) is 54.1 Å². The van der Waals surface area contributed by atoms with Gasteiger partial charge in [-0.3, -0.25) is 0 Å². The highest BCUT2D eigenvalue weighted by Crippen LogP contribution is 2.30. The molecule has 6 rings (SSSR count). The number of nitrogens with one attached hydrogen (secondary N) is 3. The number of likely N-dealkylation sites (tertiary alicyclic amines) is 1. The van der Waals surface area contributed by atoms with E-state index >= 15 is 0 Å². The molecular formula is C34H48N6O7S2. The van der Waals surface area contributed by atoms with E-state index in [0.717, 1.165) is 47.1 Å². The van der Waals surface area contributed by atoms with Crippen LogP contribution in [0.4, 0.5) is 9.93 Å². The van der Waals surface area contributed by atoms with Gasteiger partial charge in [0.15, 0.2) is 11.4 Å². The fourth-order valence-corrected chi connectivity index (χ4v) is 9.22. The van der Waals surface area contributed by atoms with Gasteiger partial charge in [-0.1, -0.05) is 55.5 Å².